The Morgan fingerprint density at radius 2 is 2.11 bits per heavy atom. The fourth-order valence-corrected chi connectivity index (χ4v) is 3.03. The molecule has 2 atom stereocenters. The largest absolute Gasteiger partial charge is 0.342 e. The third kappa shape index (κ3) is 4.91. The van der Waals surface area contributed by atoms with Gasteiger partial charge in [0.1, 0.15) is 0 Å². The lowest BCUT2D eigenvalue weighted by Crippen LogP contribution is -2.41. The van der Waals surface area contributed by atoms with Crippen molar-refractivity contribution in [2.24, 2.45) is 17.3 Å². The summed E-state index contributed by atoms with van der Waals surface area (Å²) in [6, 6.07) is 0. The van der Waals surface area contributed by atoms with Crippen LogP contribution in [-0.2, 0) is 4.79 Å². The second-order valence-electron chi connectivity index (χ2n) is 6.80. The number of alkyl halides is 1. The molecule has 2 unspecified atom stereocenters. The zero-order valence-corrected chi connectivity index (χ0v) is 13.9. The Hall–Kier alpha value is -0.0500. The summed E-state index contributed by atoms with van der Waals surface area (Å²) < 4.78 is 0. The van der Waals surface area contributed by atoms with Crippen molar-refractivity contribution in [2.45, 2.75) is 53.4 Å². The molecule has 106 valence electrons. The van der Waals surface area contributed by atoms with E-state index in [2.05, 4.69) is 48.5 Å². The normalized spacial score (nSPS) is 22.9. The summed E-state index contributed by atoms with van der Waals surface area (Å²) in [5.74, 6) is 1.50. The van der Waals surface area contributed by atoms with Crippen LogP contribution < -0.4 is 0 Å². The number of nitrogens with zero attached hydrogens (tertiary/aromatic N) is 1. The standard InChI is InChI=1S/C15H28BrNO/c1-12(15(2,3)4)10-14(18)17-9-5-6-13(11-17)7-8-16/h12-13H,5-11H2,1-4H3. The fourth-order valence-electron chi connectivity index (χ4n) is 2.38. The molecule has 2 nitrogen and oxygen atoms in total. The summed E-state index contributed by atoms with van der Waals surface area (Å²) in [6.45, 7) is 10.8. The molecular weight excluding hydrogens is 290 g/mol. The number of carbonyl (C=O) groups is 1. The van der Waals surface area contributed by atoms with E-state index in [4.69, 9.17) is 0 Å². The maximum Gasteiger partial charge on any atom is 0.222 e. The predicted molar refractivity (Wildman–Crippen MR) is 81.0 cm³/mol. The zero-order valence-electron chi connectivity index (χ0n) is 12.3. The highest BCUT2D eigenvalue weighted by Gasteiger charge is 2.27. The number of rotatable bonds is 4. The van der Waals surface area contributed by atoms with Gasteiger partial charge in [-0.3, -0.25) is 4.79 Å². The van der Waals surface area contributed by atoms with Gasteiger partial charge >= 0.3 is 0 Å². The summed E-state index contributed by atoms with van der Waals surface area (Å²) in [6.07, 6.45) is 4.35. The van der Waals surface area contributed by atoms with Gasteiger partial charge in [0.05, 0.1) is 0 Å². The van der Waals surface area contributed by atoms with Crippen LogP contribution in [0.1, 0.15) is 53.4 Å². The highest BCUT2D eigenvalue weighted by atomic mass is 79.9. The molecule has 1 saturated heterocycles. The van der Waals surface area contributed by atoms with Gasteiger partial charge in [-0.25, -0.2) is 0 Å². The molecule has 0 aromatic rings. The number of likely N-dealkylation sites (tertiary alicyclic amines) is 1. The number of hydrogen-bond acceptors (Lipinski definition) is 1. The Labute approximate surface area is 121 Å². The molecule has 0 aromatic heterocycles. The van der Waals surface area contributed by atoms with Gasteiger partial charge in [0.2, 0.25) is 5.91 Å². The average Bonchev–Trinajstić information content (AvgIpc) is 2.28. The van der Waals surface area contributed by atoms with Gasteiger partial charge in [-0.15, -0.1) is 0 Å². The van der Waals surface area contributed by atoms with Crippen molar-refractivity contribution < 1.29 is 4.79 Å². The van der Waals surface area contributed by atoms with Crippen molar-refractivity contribution in [3.05, 3.63) is 0 Å². The van der Waals surface area contributed by atoms with Crippen LogP contribution in [0, 0.1) is 17.3 Å². The van der Waals surface area contributed by atoms with Crippen LogP contribution in [0.3, 0.4) is 0 Å². The Balaban J connectivity index is 2.46. The molecule has 0 aliphatic carbocycles. The Morgan fingerprint density at radius 1 is 1.44 bits per heavy atom. The van der Waals surface area contributed by atoms with Gasteiger partial charge in [-0.2, -0.15) is 0 Å². The molecule has 1 heterocycles. The second kappa shape index (κ2) is 6.93. The molecule has 0 radical (unpaired) electrons. The first-order chi connectivity index (χ1) is 8.34. The maximum atomic E-state index is 12.3. The Kier molecular flexibility index (Phi) is 6.16. The number of halogens is 1. The first-order valence-corrected chi connectivity index (χ1v) is 8.30. The van der Waals surface area contributed by atoms with E-state index in [-0.39, 0.29) is 5.41 Å². The van der Waals surface area contributed by atoms with Gasteiger partial charge in [0.25, 0.3) is 0 Å². The highest BCUT2D eigenvalue weighted by molar-refractivity contribution is 9.09. The first-order valence-electron chi connectivity index (χ1n) is 7.18. The third-order valence-electron chi connectivity index (χ3n) is 4.35. The molecule has 1 amide bonds. The quantitative estimate of drug-likeness (QED) is 0.715. The number of amides is 1. The van der Waals surface area contributed by atoms with Crippen molar-refractivity contribution in [2.75, 3.05) is 18.4 Å². The van der Waals surface area contributed by atoms with Crippen molar-refractivity contribution in [3.63, 3.8) is 0 Å². The van der Waals surface area contributed by atoms with E-state index in [1.54, 1.807) is 0 Å². The van der Waals surface area contributed by atoms with Crippen molar-refractivity contribution in [1.82, 2.24) is 4.90 Å². The topological polar surface area (TPSA) is 20.3 Å². The monoisotopic (exact) mass is 317 g/mol. The molecule has 0 bridgehead atoms. The fraction of sp³-hybridized carbons (Fsp3) is 0.933. The van der Waals surface area contributed by atoms with Gasteiger partial charge in [0.15, 0.2) is 0 Å². The van der Waals surface area contributed by atoms with Crippen LogP contribution in [-0.4, -0.2) is 29.2 Å². The van der Waals surface area contributed by atoms with E-state index in [1.165, 1.54) is 19.3 Å². The summed E-state index contributed by atoms with van der Waals surface area (Å²) in [7, 11) is 0. The molecule has 0 saturated carbocycles. The van der Waals surface area contributed by atoms with Crippen molar-refractivity contribution in [1.29, 1.82) is 0 Å². The van der Waals surface area contributed by atoms with Crippen LogP contribution in [0.5, 0.6) is 0 Å². The lowest BCUT2D eigenvalue weighted by Gasteiger charge is -2.35. The molecule has 1 rings (SSSR count). The number of carbonyl (C=O) groups excluding carboxylic acids is 1. The maximum absolute atomic E-state index is 12.3. The summed E-state index contributed by atoms with van der Waals surface area (Å²) in [4.78, 5) is 14.4. The molecule has 0 aromatic carbocycles. The van der Waals surface area contributed by atoms with Crippen LogP contribution in [0.15, 0.2) is 0 Å². The SMILES string of the molecule is CC(CC(=O)N1CCCC(CCBr)C1)C(C)(C)C. The molecule has 1 fully saturated rings. The summed E-state index contributed by atoms with van der Waals surface area (Å²) >= 11 is 3.50. The highest BCUT2D eigenvalue weighted by Crippen LogP contribution is 2.29. The molecular formula is C15H28BrNO. The molecule has 0 N–H and O–H groups in total. The van der Waals surface area contributed by atoms with Gasteiger partial charge in [0, 0.05) is 24.8 Å². The minimum absolute atomic E-state index is 0.223. The first kappa shape index (κ1) is 16.0. The van der Waals surface area contributed by atoms with E-state index in [0.29, 0.717) is 24.2 Å². The molecule has 3 heteroatoms. The van der Waals surface area contributed by atoms with Gasteiger partial charge < -0.3 is 4.90 Å². The van der Waals surface area contributed by atoms with Crippen LogP contribution >= 0.6 is 15.9 Å². The summed E-state index contributed by atoms with van der Waals surface area (Å²) in [5, 5.41) is 1.05. The van der Waals surface area contributed by atoms with Crippen LogP contribution in [0.2, 0.25) is 0 Å². The summed E-state index contributed by atoms with van der Waals surface area (Å²) in [5.41, 5.74) is 0.223. The Bertz CT molecular complexity index is 270. The molecule has 18 heavy (non-hydrogen) atoms. The van der Waals surface area contributed by atoms with Crippen molar-refractivity contribution in [3.8, 4) is 0 Å². The second-order valence-corrected chi connectivity index (χ2v) is 7.59. The molecule has 1 aliphatic heterocycles. The van der Waals surface area contributed by atoms with E-state index in [9.17, 15) is 4.79 Å². The predicted octanol–water partition coefficient (Wildman–Crippen LogP) is 4.08. The lowest BCUT2D eigenvalue weighted by atomic mass is 9.80. The number of piperidine rings is 1. The third-order valence-corrected chi connectivity index (χ3v) is 4.81. The molecule has 1 aliphatic rings. The van der Waals surface area contributed by atoms with Gasteiger partial charge in [-0.05, 0) is 36.5 Å². The van der Waals surface area contributed by atoms with E-state index in [1.807, 2.05) is 0 Å². The van der Waals surface area contributed by atoms with E-state index in [0.717, 1.165) is 18.4 Å². The Morgan fingerprint density at radius 3 is 2.67 bits per heavy atom. The molecule has 0 spiro atoms. The van der Waals surface area contributed by atoms with Gasteiger partial charge in [-0.1, -0.05) is 43.6 Å². The van der Waals surface area contributed by atoms with E-state index >= 15 is 0 Å². The lowest BCUT2D eigenvalue weighted by molar-refractivity contribution is -0.134. The zero-order chi connectivity index (χ0) is 13.8. The smallest absolute Gasteiger partial charge is 0.222 e. The average molecular weight is 318 g/mol. The number of hydrogen-bond donors (Lipinski definition) is 0. The van der Waals surface area contributed by atoms with Crippen LogP contribution in [0.4, 0.5) is 0 Å². The minimum atomic E-state index is 0.223. The van der Waals surface area contributed by atoms with E-state index < -0.39 is 0 Å². The van der Waals surface area contributed by atoms with Crippen LogP contribution in [0.25, 0.3) is 0 Å². The minimum Gasteiger partial charge on any atom is -0.342 e. The van der Waals surface area contributed by atoms with Crippen molar-refractivity contribution >= 4 is 21.8 Å².